The van der Waals surface area contributed by atoms with Crippen LogP contribution < -0.4 is 0 Å². The molecular formula is C13H15FO2. The van der Waals surface area contributed by atoms with Crippen molar-refractivity contribution in [3.8, 4) is 0 Å². The summed E-state index contributed by atoms with van der Waals surface area (Å²) < 4.78 is 12.8. The molecule has 0 radical (unpaired) electrons. The molecule has 0 saturated heterocycles. The van der Waals surface area contributed by atoms with E-state index in [-0.39, 0.29) is 5.41 Å². The Kier molecular flexibility index (Phi) is 3.48. The molecular weight excluding hydrogens is 207 g/mol. The van der Waals surface area contributed by atoms with Crippen molar-refractivity contribution in [2.75, 3.05) is 0 Å². The van der Waals surface area contributed by atoms with Crippen molar-refractivity contribution >= 4 is 12.0 Å². The van der Waals surface area contributed by atoms with Crippen LogP contribution in [0, 0.1) is 0 Å². The van der Waals surface area contributed by atoms with E-state index in [0.29, 0.717) is 5.56 Å². The number of carboxylic acids is 1. The fraction of sp³-hybridized carbons (Fsp3) is 0.308. The fourth-order valence-electron chi connectivity index (χ4n) is 1.29. The highest BCUT2D eigenvalue weighted by atomic mass is 19.1. The van der Waals surface area contributed by atoms with E-state index in [9.17, 15) is 9.18 Å². The highest BCUT2D eigenvalue weighted by Crippen LogP contribution is 2.22. The second-order valence-corrected chi connectivity index (χ2v) is 4.67. The van der Waals surface area contributed by atoms with Crippen molar-refractivity contribution in [3.05, 3.63) is 41.2 Å². The molecule has 0 spiro atoms. The molecule has 0 fully saturated rings. The topological polar surface area (TPSA) is 37.3 Å². The molecule has 0 aliphatic heterocycles. The molecule has 3 heteroatoms. The minimum atomic E-state index is -1.54. The predicted molar refractivity (Wildman–Crippen MR) is 61.9 cm³/mol. The van der Waals surface area contributed by atoms with Crippen molar-refractivity contribution in [2.45, 2.75) is 26.2 Å². The minimum absolute atomic E-state index is 0.0353. The number of hydrogen-bond donors (Lipinski definition) is 1. The molecule has 0 unspecified atom stereocenters. The molecule has 16 heavy (non-hydrogen) atoms. The molecule has 1 aromatic rings. The summed E-state index contributed by atoms with van der Waals surface area (Å²) in [5.74, 6) is -2.69. The molecule has 1 rings (SSSR count). The maximum Gasteiger partial charge on any atom is 0.364 e. The molecule has 0 heterocycles. The van der Waals surface area contributed by atoms with E-state index in [2.05, 4.69) is 20.8 Å². The Hall–Kier alpha value is -1.64. The maximum atomic E-state index is 12.8. The first kappa shape index (κ1) is 12.4. The van der Waals surface area contributed by atoms with E-state index in [0.717, 1.165) is 11.6 Å². The zero-order valence-electron chi connectivity index (χ0n) is 9.62. The van der Waals surface area contributed by atoms with Gasteiger partial charge in [-0.25, -0.2) is 4.79 Å². The Balaban J connectivity index is 2.97. The summed E-state index contributed by atoms with van der Waals surface area (Å²) in [5.41, 5.74) is 1.71. The zero-order chi connectivity index (χ0) is 12.3. The van der Waals surface area contributed by atoms with Crippen molar-refractivity contribution in [2.24, 2.45) is 0 Å². The SMILES string of the molecule is CC(C)(C)c1ccc(C=C(F)C(=O)O)cc1. The highest BCUT2D eigenvalue weighted by molar-refractivity contribution is 5.89. The summed E-state index contributed by atoms with van der Waals surface area (Å²) in [4.78, 5) is 10.3. The van der Waals surface area contributed by atoms with Crippen LogP contribution in [0.25, 0.3) is 6.08 Å². The summed E-state index contributed by atoms with van der Waals surface area (Å²) in [5, 5.41) is 8.38. The van der Waals surface area contributed by atoms with Crippen LogP contribution in [-0.2, 0) is 10.2 Å². The average Bonchev–Trinajstić information content (AvgIpc) is 2.17. The number of rotatable bonds is 2. The lowest BCUT2D eigenvalue weighted by Gasteiger charge is -2.18. The number of carbonyl (C=O) groups is 1. The summed E-state index contributed by atoms with van der Waals surface area (Å²) in [6.45, 7) is 6.24. The van der Waals surface area contributed by atoms with Gasteiger partial charge in [0.2, 0.25) is 5.83 Å². The zero-order valence-corrected chi connectivity index (χ0v) is 9.62. The second kappa shape index (κ2) is 4.47. The smallest absolute Gasteiger partial charge is 0.364 e. The van der Waals surface area contributed by atoms with Crippen molar-refractivity contribution in [3.63, 3.8) is 0 Å². The Labute approximate surface area is 94.4 Å². The molecule has 0 bridgehead atoms. The molecule has 0 aliphatic rings. The van der Waals surface area contributed by atoms with Gasteiger partial charge in [-0.3, -0.25) is 0 Å². The lowest BCUT2D eigenvalue weighted by Crippen LogP contribution is -2.10. The Morgan fingerprint density at radius 3 is 2.12 bits per heavy atom. The molecule has 0 atom stereocenters. The molecule has 86 valence electrons. The average molecular weight is 222 g/mol. The highest BCUT2D eigenvalue weighted by Gasteiger charge is 2.12. The van der Waals surface area contributed by atoms with Crippen LogP contribution in [0.3, 0.4) is 0 Å². The van der Waals surface area contributed by atoms with E-state index < -0.39 is 11.8 Å². The van der Waals surface area contributed by atoms with Crippen LogP contribution in [0.5, 0.6) is 0 Å². The van der Waals surface area contributed by atoms with Gasteiger partial charge < -0.3 is 5.11 Å². The van der Waals surface area contributed by atoms with Gasteiger partial charge in [0.25, 0.3) is 0 Å². The number of hydrogen-bond acceptors (Lipinski definition) is 1. The first-order valence-electron chi connectivity index (χ1n) is 5.02. The number of benzene rings is 1. The van der Waals surface area contributed by atoms with Gasteiger partial charge >= 0.3 is 5.97 Å². The standard InChI is InChI=1S/C13H15FO2/c1-13(2,3)10-6-4-9(5-7-10)8-11(14)12(15)16/h4-8H,1-3H3,(H,15,16). The van der Waals surface area contributed by atoms with Crippen molar-refractivity contribution in [1.29, 1.82) is 0 Å². The molecule has 1 N–H and O–H groups in total. The van der Waals surface area contributed by atoms with Crippen LogP contribution in [0.2, 0.25) is 0 Å². The van der Waals surface area contributed by atoms with E-state index in [1.54, 1.807) is 12.1 Å². The molecule has 0 aliphatic carbocycles. The van der Waals surface area contributed by atoms with Crippen molar-refractivity contribution < 1.29 is 14.3 Å². The normalized spacial score (nSPS) is 12.6. The summed E-state index contributed by atoms with van der Waals surface area (Å²) >= 11 is 0. The second-order valence-electron chi connectivity index (χ2n) is 4.67. The van der Waals surface area contributed by atoms with Gasteiger partial charge in [-0.1, -0.05) is 45.0 Å². The third kappa shape index (κ3) is 3.19. The van der Waals surface area contributed by atoms with E-state index >= 15 is 0 Å². The molecule has 0 saturated carbocycles. The van der Waals surface area contributed by atoms with Gasteiger partial charge in [-0.15, -0.1) is 0 Å². The van der Waals surface area contributed by atoms with Gasteiger partial charge in [-0.05, 0) is 22.6 Å². The third-order valence-corrected chi connectivity index (χ3v) is 2.27. The Morgan fingerprint density at radius 1 is 1.25 bits per heavy atom. The van der Waals surface area contributed by atoms with Crippen LogP contribution in [-0.4, -0.2) is 11.1 Å². The van der Waals surface area contributed by atoms with Crippen LogP contribution in [0.4, 0.5) is 4.39 Å². The van der Waals surface area contributed by atoms with Gasteiger partial charge in [0.05, 0.1) is 0 Å². The summed E-state index contributed by atoms with van der Waals surface area (Å²) in [6.07, 6.45) is 1.01. The summed E-state index contributed by atoms with van der Waals surface area (Å²) in [7, 11) is 0. The van der Waals surface area contributed by atoms with Gasteiger partial charge in [0, 0.05) is 0 Å². The monoisotopic (exact) mass is 222 g/mol. The Morgan fingerprint density at radius 2 is 1.75 bits per heavy atom. The maximum absolute atomic E-state index is 12.8. The molecule has 0 aromatic heterocycles. The van der Waals surface area contributed by atoms with Gasteiger partial charge in [0.15, 0.2) is 0 Å². The fourth-order valence-corrected chi connectivity index (χ4v) is 1.29. The Bertz CT molecular complexity index is 411. The lowest BCUT2D eigenvalue weighted by atomic mass is 9.87. The third-order valence-electron chi connectivity index (χ3n) is 2.27. The molecule has 0 amide bonds. The number of carboxylic acid groups (broad SMARTS) is 1. The molecule has 2 nitrogen and oxygen atoms in total. The van der Waals surface area contributed by atoms with Gasteiger partial charge in [0.1, 0.15) is 0 Å². The first-order chi connectivity index (χ1) is 7.30. The van der Waals surface area contributed by atoms with E-state index in [1.165, 1.54) is 0 Å². The van der Waals surface area contributed by atoms with E-state index in [1.807, 2.05) is 12.1 Å². The quantitative estimate of drug-likeness (QED) is 0.779. The number of aliphatic carboxylic acids is 1. The lowest BCUT2D eigenvalue weighted by molar-refractivity contribution is -0.134. The van der Waals surface area contributed by atoms with Crippen LogP contribution in [0.15, 0.2) is 30.1 Å². The molecule has 1 aromatic carbocycles. The number of halogens is 1. The largest absolute Gasteiger partial charge is 0.476 e. The first-order valence-corrected chi connectivity index (χ1v) is 5.02. The van der Waals surface area contributed by atoms with Crippen molar-refractivity contribution in [1.82, 2.24) is 0 Å². The van der Waals surface area contributed by atoms with Crippen LogP contribution >= 0.6 is 0 Å². The predicted octanol–water partition coefficient (Wildman–Crippen LogP) is 3.38. The van der Waals surface area contributed by atoms with E-state index in [4.69, 9.17) is 5.11 Å². The minimum Gasteiger partial charge on any atom is -0.476 e. The van der Waals surface area contributed by atoms with Gasteiger partial charge in [-0.2, -0.15) is 4.39 Å². The summed E-state index contributed by atoms with van der Waals surface area (Å²) in [6, 6.07) is 7.17. The van der Waals surface area contributed by atoms with Crippen LogP contribution in [0.1, 0.15) is 31.9 Å².